The SMILES string of the molecule is CCCCn1c(C)nc(-c2ccc(Cl)cc2)c1N. The van der Waals surface area contributed by atoms with Crippen molar-refractivity contribution in [3.8, 4) is 11.3 Å². The van der Waals surface area contributed by atoms with Crippen LogP contribution in [0.15, 0.2) is 24.3 Å². The molecule has 1 aromatic heterocycles. The predicted octanol–water partition coefficient (Wildman–Crippen LogP) is 3.89. The fourth-order valence-electron chi connectivity index (χ4n) is 2.00. The molecule has 0 unspecified atom stereocenters. The molecule has 0 aliphatic rings. The van der Waals surface area contributed by atoms with Crippen LogP contribution >= 0.6 is 11.6 Å². The Morgan fingerprint density at radius 3 is 2.56 bits per heavy atom. The lowest BCUT2D eigenvalue weighted by Gasteiger charge is -2.06. The van der Waals surface area contributed by atoms with E-state index < -0.39 is 0 Å². The summed E-state index contributed by atoms with van der Waals surface area (Å²) in [6.07, 6.45) is 2.26. The van der Waals surface area contributed by atoms with Gasteiger partial charge < -0.3 is 10.3 Å². The first-order chi connectivity index (χ1) is 8.63. The molecule has 0 saturated carbocycles. The number of nitrogens with zero attached hydrogens (tertiary/aromatic N) is 2. The number of nitrogens with two attached hydrogens (primary N) is 1. The van der Waals surface area contributed by atoms with E-state index in [2.05, 4.69) is 16.5 Å². The molecular weight excluding hydrogens is 246 g/mol. The van der Waals surface area contributed by atoms with Gasteiger partial charge in [-0.15, -0.1) is 0 Å². The smallest absolute Gasteiger partial charge is 0.131 e. The Morgan fingerprint density at radius 1 is 1.28 bits per heavy atom. The van der Waals surface area contributed by atoms with Gasteiger partial charge in [-0.2, -0.15) is 0 Å². The van der Waals surface area contributed by atoms with E-state index in [1.165, 1.54) is 0 Å². The third-order valence-electron chi connectivity index (χ3n) is 3.05. The predicted molar refractivity (Wildman–Crippen MR) is 76.7 cm³/mol. The van der Waals surface area contributed by atoms with Crippen molar-refractivity contribution in [2.24, 2.45) is 0 Å². The average Bonchev–Trinajstić information content (AvgIpc) is 2.64. The molecule has 0 aliphatic heterocycles. The Balaban J connectivity index is 2.37. The largest absolute Gasteiger partial charge is 0.383 e. The van der Waals surface area contributed by atoms with Crippen molar-refractivity contribution >= 4 is 17.4 Å². The molecule has 96 valence electrons. The lowest BCUT2D eigenvalue weighted by atomic mass is 10.1. The van der Waals surface area contributed by atoms with Gasteiger partial charge in [-0.1, -0.05) is 37.1 Å². The normalized spacial score (nSPS) is 10.8. The first kappa shape index (κ1) is 13.0. The molecule has 0 fully saturated rings. The second-order valence-electron chi connectivity index (χ2n) is 4.40. The lowest BCUT2D eigenvalue weighted by molar-refractivity contribution is 0.622. The summed E-state index contributed by atoms with van der Waals surface area (Å²) < 4.78 is 2.08. The molecular formula is C14H18ClN3. The molecule has 18 heavy (non-hydrogen) atoms. The van der Waals surface area contributed by atoms with Crippen LogP contribution < -0.4 is 5.73 Å². The summed E-state index contributed by atoms with van der Waals surface area (Å²) in [5.74, 6) is 1.70. The van der Waals surface area contributed by atoms with E-state index in [0.29, 0.717) is 0 Å². The fraction of sp³-hybridized carbons (Fsp3) is 0.357. The highest BCUT2D eigenvalue weighted by Crippen LogP contribution is 2.27. The van der Waals surface area contributed by atoms with E-state index in [1.54, 1.807) is 0 Å². The zero-order valence-corrected chi connectivity index (χ0v) is 11.5. The third kappa shape index (κ3) is 2.51. The Kier molecular flexibility index (Phi) is 3.92. The van der Waals surface area contributed by atoms with E-state index in [4.69, 9.17) is 17.3 Å². The molecule has 2 aromatic rings. The number of aromatic nitrogens is 2. The fourth-order valence-corrected chi connectivity index (χ4v) is 2.13. The number of aryl methyl sites for hydroxylation is 1. The highest BCUT2D eigenvalue weighted by atomic mass is 35.5. The molecule has 2 N–H and O–H groups in total. The molecule has 0 saturated heterocycles. The molecule has 0 atom stereocenters. The number of rotatable bonds is 4. The van der Waals surface area contributed by atoms with Crippen LogP contribution in [0.2, 0.25) is 5.02 Å². The van der Waals surface area contributed by atoms with E-state index in [9.17, 15) is 0 Å². The van der Waals surface area contributed by atoms with Gasteiger partial charge in [-0.05, 0) is 25.5 Å². The van der Waals surface area contributed by atoms with E-state index in [1.807, 2.05) is 31.2 Å². The van der Waals surface area contributed by atoms with E-state index in [0.717, 1.165) is 47.3 Å². The van der Waals surface area contributed by atoms with Gasteiger partial charge in [0.1, 0.15) is 17.3 Å². The van der Waals surface area contributed by atoms with Crippen LogP contribution in [0.5, 0.6) is 0 Å². The molecule has 4 heteroatoms. The first-order valence-corrected chi connectivity index (χ1v) is 6.59. The molecule has 1 heterocycles. The van der Waals surface area contributed by atoms with Gasteiger partial charge in [0.05, 0.1) is 0 Å². The van der Waals surface area contributed by atoms with Gasteiger partial charge in [0.25, 0.3) is 0 Å². The number of benzene rings is 1. The van der Waals surface area contributed by atoms with Crippen molar-refractivity contribution in [3.63, 3.8) is 0 Å². The van der Waals surface area contributed by atoms with Crippen LogP contribution in [0.1, 0.15) is 25.6 Å². The van der Waals surface area contributed by atoms with Crippen molar-refractivity contribution in [2.75, 3.05) is 5.73 Å². The molecule has 0 aliphatic carbocycles. The lowest BCUT2D eigenvalue weighted by Crippen LogP contribution is -2.04. The Hall–Kier alpha value is -1.48. The van der Waals surface area contributed by atoms with Gasteiger partial charge in [0, 0.05) is 17.1 Å². The Labute approximate surface area is 113 Å². The van der Waals surface area contributed by atoms with Crippen molar-refractivity contribution in [1.82, 2.24) is 9.55 Å². The summed E-state index contributed by atoms with van der Waals surface area (Å²) in [4.78, 5) is 4.56. The van der Waals surface area contributed by atoms with Crippen LogP contribution in [-0.4, -0.2) is 9.55 Å². The molecule has 0 radical (unpaired) electrons. The standard InChI is InChI=1S/C14H18ClN3/c1-3-4-9-18-10(2)17-13(14(18)16)11-5-7-12(15)8-6-11/h5-8H,3-4,9,16H2,1-2H3. The Morgan fingerprint density at radius 2 is 1.94 bits per heavy atom. The summed E-state index contributed by atoms with van der Waals surface area (Å²) in [7, 11) is 0. The highest BCUT2D eigenvalue weighted by Gasteiger charge is 2.12. The number of hydrogen-bond donors (Lipinski definition) is 1. The minimum Gasteiger partial charge on any atom is -0.383 e. The molecule has 0 amide bonds. The zero-order chi connectivity index (χ0) is 13.1. The van der Waals surface area contributed by atoms with Gasteiger partial charge in [0.2, 0.25) is 0 Å². The van der Waals surface area contributed by atoms with Crippen LogP contribution in [0.4, 0.5) is 5.82 Å². The molecule has 2 rings (SSSR count). The molecule has 0 spiro atoms. The number of nitrogen functional groups attached to an aromatic ring is 1. The minimum absolute atomic E-state index is 0.722. The van der Waals surface area contributed by atoms with Gasteiger partial charge >= 0.3 is 0 Å². The average molecular weight is 264 g/mol. The van der Waals surface area contributed by atoms with Crippen LogP contribution in [0.3, 0.4) is 0 Å². The third-order valence-corrected chi connectivity index (χ3v) is 3.30. The topological polar surface area (TPSA) is 43.8 Å². The van der Waals surface area contributed by atoms with E-state index in [-0.39, 0.29) is 0 Å². The maximum absolute atomic E-state index is 6.18. The van der Waals surface area contributed by atoms with Gasteiger partial charge in [-0.25, -0.2) is 4.98 Å². The minimum atomic E-state index is 0.722. The second-order valence-corrected chi connectivity index (χ2v) is 4.84. The number of unbranched alkanes of at least 4 members (excludes halogenated alkanes) is 1. The van der Waals surface area contributed by atoms with Crippen molar-refractivity contribution in [2.45, 2.75) is 33.2 Å². The van der Waals surface area contributed by atoms with E-state index >= 15 is 0 Å². The summed E-state index contributed by atoms with van der Waals surface area (Å²) in [6, 6.07) is 7.61. The van der Waals surface area contributed by atoms with Crippen molar-refractivity contribution in [1.29, 1.82) is 0 Å². The summed E-state index contributed by atoms with van der Waals surface area (Å²) >= 11 is 5.89. The van der Waals surface area contributed by atoms with Gasteiger partial charge in [-0.3, -0.25) is 0 Å². The maximum atomic E-state index is 6.18. The van der Waals surface area contributed by atoms with Crippen LogP contribution in [0.25, 0.3) is 11.3 Å². The Bertz CT molecular complexity index is 529. The molecule has 0 bridgehead atoms. The molecule has 1 aromatic carbocycles. The quantitative estimate of drug-likeness (QED) is 0.909. The first-order valence-electron chi connectivity index (χ1n) is 6.22. The summed E-state index contributed by atoms with van der Waals surface area (Å²) in [5, 5.41) is 0.722. The monoisotopic (exact) mass is 263 g/mol. The van der Waals surface area contributed by atoms with Crippen molar-refractivity contribution in [3.05, 3.63) is 35.1 Å². The molecule has 3 nitrogen and oxygen atoms in total. The second kappa shape index (κ2) is 5.44. The number of imidazole rings is 1. The van der Waals surface area contributed by atoms with Crippen molar-refractivity contribution < 1.29 is 0 Å². The summed E-state index contributed by atoms with van der Waals surface area (Å²) in [6.45, 7) is 5.09. The number of anilines is 1. The summed E-state index contributed by atoms with van der Waals surface area (Å²) in [5.41, 5.74) is 8.04. The number of halogens is 1. The van der Waals surface area contributed by atoms with Gasteiger partial charge in [0.15, 0.2) is 0 Å². The number of hydrogen-bond acceptors (Lipinski definition) is 2. The van der Waals surface area contributed by atoms with Crippen LogP contribution in [0, 0.1) is 6.92 Å². The van der Waals surface area contributed by atoms with Crippen LogP contribution in [-0.2, 0) is 6.54 Å². The highest BCUT2D eigenvalue weighted by molar-refractivity contribution is 6.30. The zero-order valence-electron chi connectivity index (χ0n) is 10.8. The maximum Gasteiger partial charge on any atom is 0.131 e.